The third kappa shape index (κ3) is 5.19. The van der Waals surface area contributed by atoms with Crippen LogP contribution in [0.1, 0.15) is 19.3 Å². The van der Waals surface area contributed by atoms with E-state index in [4.69, 9.17) is 15.6 Å². The first kappa shape index (κ1) is 26.0. The number of amides is 2. The number of thioether (sulfide) groups is 2. The fourth-order valence-electron chi connectivity index (χ4n) is 3.33. The van der Waals surface area contributed by atoms with Gasteiger partial charge in [0.15, 0.2) is 5.17 Å². The first-order valence-corrected chi connectivity index (χ1v) is 11.7. The highest BCUT2D eigenvalue weighted by Crippen LogP contribution is 2.47. The number of aliphatic carboxylic acids is 2. The fraction of sp³-hybridized carbons (Fsp3) is 0.611. The Morgan fingerprint density at radius 1 is 1.44 bits per heavy atom. The van der Waals surface area contributed by atoms with Crippen molar-refractivity contribution in [3.05, 3.63) is 11.3 Å². The van der Waals surface area contributed by atoms with Crippen LogP contribution >= 0.6 is 23.5 Å². The van der Waals surface area contributed by atoms with Crippen LogP contribution in [0.3, 0.4) is 0 Å². The minimum atomic E-state index is -1.68. The summed E-state index contributed by atoms with van der Waals surface area (Å²) in [6.45, 7) is 0. The number of carbonyl (C=O) groups is 4. The van der Waals surface area contributed by atoms with Crippen molar-refractivity contribution in [3.63, 3.8) is 0 Å². The largest absolute Gasteiger partial charge is 0.480 e. The van der Waals surface area contributed by atoms with Crippen molar-refractivity contribution in [2.24, 2.45) is 10.7 Å². The van der Waals surface area contributed by atoms with E-state index in [9.17, 15) is 24.3 Å². The standard InChI is InChI=1S/C18H27N5O7S2/c1-20-17(21-2)32-8-9-7-31-16-18(30-3,15(29)23(16)12(9)14(27)28)22-11(24)6-4-5-10(19)13(25)26/h10,16H,4-8,19H2,1-3H3,(H,20,21)(H,22,24)(H,25,26)(H,27,28)/t10?,16-,18-/m0/s1. The van der Waals surface area contributed by atoms with E-state index in [-0.39, 0.29) is 25.0 Å². The number of fused-ring (bicyclic) bond motifs is 1. The van der Waals surface area contributed by atoms with Crippen LogP contribution in [0.15, 0.2) is 16.3 Å². The Balaban J connectivity index is 2.12. The van der Waals surface area contributed by atoms with E-state index in [0.717, 1.165) is 4.90 Å². The van der Waals surface area contributed by atoms with E-state index in [1.807, 2.05) is 0 Å². The lowest BCUT2D eigenvalue weighted by Crippen LogP contribution is -2.80. The van der Waals surface area contributed by atoms with E-state index in [1.165, 1.54) is 30.6 Å². The Kier molecular flexibility index (Phi) is 8.95. The molecule has 2 amide bonds. The van der Waals surface area contributed by atoms with Crippen molar-refractivity contribution in [3.8, 4) is 0 Å². The predicted octanol–water partition coefficient (Wildman–Crippen LogP) is -0.780. The van der Waals surface area contributed by atoms with Gasteiger partial charge >= 0.3 is 11.9 Å². The molecule has 0 aliphatic carbocycles. The summed E-state index contributed by atoms with van der Waals surface area (Å²) < 4.78 is 5.38. The van der Waals surface area contributed by atoms with Gasteiger partial charge in [0, 0.05) is 39.1 Å². The molecule has 0 aromatic heterocycles. The molecule has 0 aromatic carbocycles. The zero-order valence-electron chi connectivity index (χ0n) is 17.9. The second-order valence-electron chi connectivity index (χ2n) is 6.99. The molecule has 1 fully saturated rings. The normalized spacial score (nSPS) is 23.9. The number of nitrogens with two attached hydrogens (primary N) is 1. The van der Waals surface area contributed by atoms with E-state index in [1.54, 1.807) is 14.1 Å². The van der Waals surface area contributed by atoms with Gasteiger partial charge in [-0.25, -0.2) is 4.79 Å². The van der Waals surface area contributed by atoms with Gasteiger partial charge in [-0.1, -0.05) is 11.8 Å². The quantitative estimate of drug-likeness (QED) is 0.112. The number of carboxylic acids is 2. The fourth-order valence-corrected chi connectivity index (χ4v) is 5.73. The van der Waals surface area contributed by atoms with E-state index in [2.05, 4.69) is 15.6 Å². The number of nitrogens with one attached hydrogen (secondary N) is 2. The number of hydrogen-bond acceptors (Lipinski definition) is 9. The molecule has 0 spiro atoms. The minimum absolute atomic E-state index is 0.0522. The molecule has 12 nitrogen and oxygen atoms in total. The Morgan fingerprint density at radius 3 is 2.66 bits per heavy atom. The highest BCUT2D eigenvalue weighted by molar-refractivity contribution is 8.14. The van der Waals surface area contributed by atoms with Crippen LogP contribution < -0.4 is 16.4 Å². The van der Waals surface area contributed by atoms with Gasteiger partial charge in [-0.05, 0) is 18.4 Å². The van der Waals surface area contributed by atoms with Crippen molar-refractivity contribution in [1.29, 1.82) is 0 Å². The summed E-state index contributed by atoms with van der Waals surface area (Å²) >= 11 is 2.61. The van der Waals surface area contributed by atoms with Gasteiger partial charge in [0.25, 0.3) is 11.6 Å². The maximum absolute atomic E-state index is 13.0. The first-order chi connectivity index (χ1) is 15.1. The molecule has 2 heterocycles. The van der Waals surface area contributed by atoms with Crippen molar-refractivity contribution < 1.29 is 34.1 Å². The Hall–Kier alpha value is -2.29. The molecule has 6 N–H and O–H groups in total. The molecule has 2 aliphatic heterocycles. The highest BCUT2D eigenvalue weighted by Gasteiger charge is 2.66. The summed E-state index contributed by atoms with van der Waals surface area (Å²) in [4.78, 5) is 53.3. The lowest BCUT2D eigenvalue weighted by Gasteiger charge is -2.55. The lowest BCUT2D eigenvalue weighted by molar-refractivity contribution is -0.192. The van der Waals surface area contributed by atoms with Gasteiger partial charge < -0.3 is 31.3 Å². The molecule has 0 radical (unpaired) electrons. The van der Waals surface area contributed by atoms with Gasteiger partial charge in [-0.2, -0.15) is 0 Å². The third-order valence-corrected chi connectivity index (χ3v) is 7.52. The number of rotatable bonds is 10. The molecule has 1 saturated heterocycles. The van der Waals surface area contributed by atoms with Gasteiger partial charge in [0.1, 0.15) is 17.1 Å². The maximum Gasteiger partial charge on any atom is 0.352 e. The zero-order valence-corrected chi connectivity index (χ0v) is 19.5. The Labute approximate surface area is 193 Å². The number of hydrogen-bond donors (Lipinski definition) is 5. The molecule has 3 atom stereocenters. The van der Waals surface area contributed by atoms with E-state index < -0.39 is 40.9 Å². The number of aliphatic imine (C=N–C) groups is 1. The molecule has 14 heteroatoms. The Morgan fingerprint density at radius 2 is 2.12 bits per heavy atom. The van der Waals surface area contributed by atoms with Crippen LogP contribution in [0.25, 0.3) is 0 Å². The topological polar surface area (TPSA) is 184 Å². The molecule has 1 unspecified atom stereocenters. The Bertz CT molecular complexity index is 850. The zero-order chi connectivity index (χ0) is 24.1. The smallest absolute Gasteiger partial charge is 0.352 e. The summed E-state index contributed by atoms with van der Waals surface area (Å²) in [5.74, 6) is -2.93. The molecule has 0 bridgehead atoms. The van der Waals surface area contributed by atoms with Crippen LogP contribution in [0.4, 0.5) is 0 Å². The number of amidine groups is 1. The highest BCUT2D eigenvalue weighted by atomic mass is 32.2. The summed E-state index contributed by atoms with van der Waals surface area (Å²) in [6.07, 6.45) is 0.260. The molecular formula is C18H27N5O7S2. The summed E-state index contributed by atoms with van der Waals surface area (Å²) in [6, 6.07) is -1.07. The summed E-state index contributed by atoms with van der Waals surface area (Å²) in [7, 11) is 4.58. The monoisotopic (exact) mass is 489 g/mol. The van der Waals surface area contributed by atoms with Gasteiger partial charge in [0.2, 0.25) is 5.91 Å². The molecule has 0 saturated carbocycles. The van der Waals surface area contributed by atoms with Crippen molar-refractivity contribution >= 4 is 52.4 Å². The average molecular weight is 490 g/mol. The van der Waals surface area contributed by atoms with Gasteiger partial charge in [0.05, 0.1) is 0 Å². The van der Waals surface area contributed by atoms with Crippen LogP contribution in [-0.2, 0) is 23.9 Å². The van der Waals surface area contributed by atoms with Crippen molar-refractivity contribution in [1.82, 2.24) is 15.5 Å². The predicted molar refractivity (Wildman–Crippen MR) is 120 cm³/mol. The van der Waals surface area contributed by atoms with Gasteiger partial charge in [-0.15, -0.1) is 11.8 Å². The lowest BCUT2D eigenvalue weighted by atomic mass is 9.98. The average Bonchev–Trinajstić information content (AvgIpc) is 2.76. The minimum Gasteiger partial charge on any atom is -0.480 e. The van der Waals surface area contributed by atoms with Crippen LogP contribution in [0.2, 0.25) is 0 Å². The number of carboxylic acid groups (broad SMARTS) is 2. The van der Waals surface area contributed by atoms with Crippen LogP contribution in [0.5, 0.6) is 0 Å². The number of carbonyl (C=O) groups excluding carboxylic acids is 2. The van der Waals surface area contributed by atoms with Crippen LogP contribution in [0, 0.1) is 0 Å². The molecule has 2 rings (SSSR count). The van der Waals surface area contributed by atoms with Gasteiger partial charge in [-0.3, -0.25) is 24.3 Å². The third-order valence-electron chi connectivity index (χ3n) is 5.00. The summed E-state index contributed by atoms with van der Waals surface area (Å²) in [5, 5.41) is 23.9. The molecule has 2 aliphatic rings. The number of β-lactam (4-membered cyclic amide) rings is 1. The molecule has 0 aromatic rings. The van der Waals surface area contributed by atoms with E-state index in [0.29, 0.717) is 22.2 Å². The number of nitrogens with zero attached hydrogens (tertiary/aromatic N) is 2. The number of ether oxygens (including phenoxy) is 1. The molecule has 178 valence electrons. The summed E-state index contributed by atoms with van der Waals surface area (Å²) in [5.41, 5.74) is 4.19. The van der Waals surface area contributed by atoms with Crippen molar-refractivity contribution in [2.45, 2.75) is 36.4 Å². The second kappa shape index (κ2) is 11.0. The van der Waals surface area contributed by atoms with E-state index >= 15 is 0 Å². The first-order valence-electron chi connectivity index (χ1n) is 9.65. The maximum atomic E-state index is 13.0. The van der Waals surface area contributed by atoms with Crippen LogP contribution in [-0.4, -0.2) is 93.9 Å². The second-order valence-corrected chi connectivity index (χ2v) is 9.02. The van der Waals surface area contributed by atoms with Crippen molar-refractivity contribution in [2.75, 3.05) is 32.7 Å². The molecule has 32 heavy (non-hydrogen) atoms. The SMILES string of the molecule is CN=C(NC)SCC1=C(C(=O)O)N2C(=O)[C@](NC(=O)CCCC(N)C(=O)O)(OC)[C@@H]2SC1. The molecular weight excluding hydrogens is 462 g/mol. The number of methoxy groups -OCH3 is 1.